The van der Waals surface area contributed by atoms with E-state index < -0.39 is 0 Å². The van der Waals surface area contributed by atoms with Crippen molar-refractivity contribution in [2.75, 3.05) is 17.7 Å². The summed E-state index contributed by atoms with van der Waals surface area (Å²) >= 11 is 5.99. The second-order valence-corrected chi connectivity index (χ2v) is 8.03. The maximum atomic E-state index is 13.5. The molecular formula is C25H21ClN4O2. The Hall–Kier alpha value is -3.77. The summed E-state index contributed by atoms with van der Waals surface area (Å²) in [6.07, 6.45) is 0. The first-order valence-electron chi connectivity index (χ1n) is 10.2. The average Bonchev–Trinajstić information content (AvgIpc) is 3.17. The van der Waals surface area contributed by atoms with Crippen LogP contribution in [0.5, 0.6) is 5.75 Å². The van der Waals surface area contributed by atoms with Crippen LogP contribution in [-0.4, -0.2) is 22.6 Å². The van der Waals surface area contributed by atoms with Gasteiger partial charge in [-0.05, 0) is 61.0 Å². The summed E-state index contributed by atoms with van der Waals surface area (Å²) in [5, 5.41) is 6.95. The summed E-state index contributed by atoms with van der Waals surface area (Å²) in [6.45, 7) is 1.90. The fourth-order valence-electron chi connectivity index (χ4n) is 4.09. The number of para-hydroxylation sites is 2. The second kappa shape index (κ2) is 8.05. The van der Waals surface area contributed by atoms with E-state index in [-0.39, 0.29) is 11.9 Å². The van der Waals surface area contributed by atoms with Gasteiger partial charge in [0.2, 0.25) is 5.95 Å². The Morgan fingerprint density at radius 2 is 1.78 bits per heavy atom. The summed E-state index contributed by atoms with van der Waals surface area (Å²) in [7, 11) is 1.63. The molecule has 32 heavy (non-hydrogen) atoms. The van der Waals surface area contributed by atoms with E-state index in [1.807, 2.05) is 55.5 Å². The van der Waals surface area contributed by atoms with Crippen LogP contribution in [0.1, 0.15) is 18.5 Å². The molecule has 0 fully saturated rings. The third-order valence-corrected chi connectivity index (χ3v) is 5.86. The Morgan fingerprint density at radius 3 is 2.50 bits per heavy atom. The highest BCUT2D eigenvalue weighted by Crippen LogP contribution is 2.39. The van der Waals surface area contributed by atoms with Crippen LogP contribution in [-0.2, 0) is 4.79 Å². The van der Waals surface area contributed by atoms with E-state index in [4.69, 9.17) is 21.3 Å². The third kappa shape index (κ3) is 3.48. The monoisotopic (exact) mass is 444 g/mol. The molecule has 160 valence electrons. The van der Waals surface area contributed by atoms with E-state index in [1.54, 1.807) is 31.4 Å². The standard InChI is InChI=1S/C25H21ClN4O2/c1-15-22(24(31)28-18-11-9-17(26)10-12-18)23(16-7-13-19(32-2)14-8-16)30-21-6-4-3-5-20(21)29-25(30)27-15/h3-14,23H,1-2H3,(H,27,29)(H,28,31)/t23-/m1/s1. The van der Waals surface area contributed by atoms with Crippen molar-refractivity contribution in [1.82, 2.24) is 9.55 Å². The number of imidazole rings is 1. The van der Waals surface area contributed by atoms with Gasteiger partial charge in [0.05, 0.1) is 29.8 Å². The van der Waals surface area contributed by atoms with Gasteiger partial charge in [-0.1, -0.05) is 35.9 Å². The van der Waals surface area contributed by atoms with Crippen molar-refractivity contribution >= 4 is 40.2 Å². The molecule has 2 N–H and O–H groups in total. The molecule has 7 heteroatoms. The van der Waals surface area contributed by atoms with Crippen molar-refractivity contribution in [2.24, 2.45) is 0 Å². The summed E-state index contributed by atoms with van der Waals surface area (Å²) in [5.74, 6) is 1.26. The van der Waals surface area contributed by atoms with Crippen LogP contribution in [0.4, 0.5) is 11.6 Å². The van der Waals surface area contributed by atoms with Crippen molar-refractivity contribution < 1.29 is 9.53 Å². The number of aromatic nitrogens is 2. The van der Waals surface area contributed by atoms with Crippen LogP contribution in [0.25, 0.3) is 11.0 Å². The summed E-state index contributed by atoms with van der Waals surface area (Å²) in [5.41, 5.74) is 4.80. The normalized spacial score (nSPS) is 15.3. The zero-order chi connectivity index (χ0) is 22.2. The fourth-order valence-corrected chi connectivity index (χ4v) is 4.22. The van der Waals surface area contributed by atoms with Crippen LogP contribution in [0.2, 0.25) is 5.02 Å². The Bertz CT molecular complexity index is 1340. The van der Waals surface area contributed by atoms with Crippen LogP contribution in [0.3, 0.4) is 0 Å². The lowest BCUT2D eigenvalue weighted by molar-refractivity contribution is -0.113. The first kappa shape index (κ1) is 20.2. The number of hydrogen-bond acceptors (Lipinski definition) is 4. The zero-order valence-electron chi connectivity index (χ0n) is 17.6. The minimum absolute atomic E-state index is 0.193. The number of halogens is 1. The van der Waals surface area contributed by atoms with Crippen molar-refractivity contribution in [3.8, 4) is 5.75 Å². The number of rotatable bonds is 4. The molecule has 0 aliphatic carbocycles. The van der Waals surface area contributed by atoms with Crippen molar-refractivity contribution in [1.29, 1.82) is 0 Å². The van der Waals surface area contributed by atoms with Gasteiger partial charge in [-0.2, -0.15) is 0 Å². The molecule has 4 aromatic rings. The van der Waals surface area contributed by atoms with Gasteiger partial charge in [0.25, 0.3) is 5.91 Å². The lowest BCUT2D eigenvalue weighted by atomic mass is 9.94. The number of hydrogen-bond donors (Lipinski definition) is 2. The Morgan fingerprint density at radius 1 is 1.06 bits per heavy atom. The van der Waals surface area contributed by atoms with Crippen molar-refractivity contribution in [2.45, 2.75) is 13.0 Å². The number of nitrogens with zero attached hydrogens (tertiary/aromatic N) is 2. The predicted octanol–water partition coefficient (Wildman–Crippen LogP) is 5.63. The largest absolute Gasteiger partial charge is 0.497 e. The molecule has 6 nitrogen and oxygen atoms in total. The van der Waals surface area contributed by atoms with E-state index in [0.717, 1.165) is 28.0 Å². The predicted molar refractivity (Wildman–Crippen MR) is 127 cm³/mol. The maximum Gasteiger partial charge on any atom is 0.255 e. The number of ether oxygens (including phenoxy) is 1. The first-order chi connectivity index (χ1) is 15.5. The first-order valence-corrected chi connectivity index (χ1v) is 10.6. The van der Waals surface area contributed by atoms with Gasteiger partial charge in [-0.3, -0.25) is 9.36 Å². The van der Waals surface area contributed by atoms with Gasteiger partial charge >= 0.3 is 0 Å². The van der Waals surface area contributed by atoms with E-state index in [0.29, 0.717) is 22.2 Å². The highest BCUT2D eigenvalue weighted by Gasteiger charge is 2.34. The highest BCUT2D eigenvalue weighted by molar-refractivity contribution is 6.30. The smallest absolute Gasteiger partial charge is 0.255 e. The van der Waals surface area contributed by atoms with E-state index in [9.17, 15) is 4.79 Å². The molecule has 2 heterocycles. The summed E-state index contributed by atoms with van der Waals surface area (Å²) < 4.78 is 7.40. The molecular weight excluding hydrogens is 424 g/mol. The van der Waals surface area contributed by atoms with Crippen LogP contribution in [0, 0.1) is 0 Å². The minimum Gasteiger partial charge on any atom is -0.497 e. The van der Waals surface area contributed by atoms with Gasteiger partial charge < -0.3 is 15.4 Å². The molecule has 3 aromatic carbocycles. The molecule has 0 saturated heterocycles. The zero-order valence-corrected chi connectivity index (χ0v) is 18.4. The number of allylic oxidation sites excluding steroid dienone is 1. The number of carbonyl (C=O) groups excluding carboxylic acids is 1. The van der Waals surface area contributed by atoms with Crippen molar-refractivity contribution in [3.05, 3.63) is 94.7 Å². The van der Waals surface area contributed by atoms with Gasteiger partial charge in [0.1, 0.15) is 5.75 Å². The van der Waals surface area contributed by atoms with Gasteiger partial charge in [0.15, 0.2) is 0 Å². The SMILES string of the molecule is COc1ccc([C@@H]2C(C(=O)Nc3ccc(Cl)cc3)=C(C)Nc3nc4ccccc4n32)cc1. The molecule has 1 aliphatic rings. The number of anilines is 2. The molecule has 1 aliphatic heterocycles. The Labute approximate surface area is 190 Å². The second-order valence-electron chi connectivity index (χ2n) is 7.59. The van der Waals surface area contributed by atoms with E-state index >= 15 is 0 Å². The lowest BCUT2D eigenvalue weighted by Crippen LogP contribution is -2.30. The van der Waals surface area contributed by atoms with Gasteiger partial charge in [-0.25, -0.2) is 4.98 Å². The van der Waals surface area contributed by atoms with Crippen LogP contribution >= 0.6 is 11.6 Å². The van der Waals surface area contributed by atoms with Gasteiger partial charge in [0, 0.05) is 16.4 Å². The average molecular weight is 445 g/mol. The van der Waals surface area contributed by atoms with Crippen LogP contribution in [0.15, 0.2) is 84.1 Å². The van der Waals surface area contributed by atoms with Crippen molar-refractivity contribution in [3.63, 3.8) is 0 Å². The number of amides is 1. The molecule has 1 amide bonds. The number of nitrogens with one attached hydrogen (secondary N) is 2. The third-order valence-electron chi connectivity index (χ3n) is 5.61. The van der Waals surface area contributed by atoms with Gasteiger partial charge in [-0.15, -0.1) is 0 Å². The molecule has 1 atom stereocenters. The molecule has 0 spiro atoms. The lowest BCUT2D eigenvalue weighted by Gasteiger charge is -2.30. The Balaban J connectivity index is 1.64. The molecule has 0 unspecified atom stereocenters. The number of methoxy groups -OCH3 is 1. The number of benzene rings is 3. The quantitative estimate of drug-likeness (QED) is 0.428. The highest BCUT2D eigenvalue weighted by atomic mass is 35.5. The molecule has 0 radical (unpaired) electrons. The molecule has 5 rings (SSSR count). The molecule has 0 bridgehead atoms. The Kier molecular flexibility index (Phi) is 5.07. The minimum atomic E-state index is -0.364. The molecule has 1 aromatic heterocycles. The van der Waals surface area contributed by atoms with E-state index in [2.05, 4.69) is 15.2 Å². The molecule has 0 saturated carbocycles. The van der Waals surface area contributed by atoms with E-state index in [1.165, 1.54) is 0 Å². The summed E-state index contributed by atoms with van der Waals surface area (Å²) in [6, 6.07) is 22.4. The maximum absolute atomic E-state index is 13.5. The topological polar surface area (TPSA) is 68.2 Å². The summed E-state index contributed by atoms with van der Waals surface area (Å²) in [4.78, 5) is 18.3. The fraction of sp³-hybridized carbons (Fsp3) is 0.120. The number of carbonyl (C=O) groups is 1. The van der Waals surface area contributed by atoms with Crippen LogP contribution < -0.4 is 15.4 Å². The number of fused-ring (bicyclic) bond motifs is 3.